The summed E-state index contributed by atoms with van der Waals surface area (Å²) in [6.07, 6.45) is 3.05. The Morgan fingerprint density at radius 1 is 0.636 bits per heavy atom. The number of aryl methyl sites for hydroxylation is 4. The third kappa shape index (κ3) is 1.77. The Morgan fingerprint density at radius 3 is 1.14 bits per heavy atom. The zero-order valence-corrected chi connectivity index (χ0v) is 11.8. The van der Waals surface area contributed by atoms with Crippen LogP contribution in [0.25, 0.3) is 11.1 Å². The highest BCUT2D eigenvalue weighted by Gasteiger charge is 2.28. The van der Waals surface area contributed by atoms with Crippen LogP contribution in [-0.4, -0.2) is 22.2 Å². The average Bonchev–Trinajstić information content (AvgIpc) is 2.51. The first-order valence-electron chi connectivity index (χ1n) is 7.33. The second-order valence-corrected chi connectivity index (χ2v) is 5.95. The Hall–Kier alpha value is -2.62. The van der Waals surface area contributed by atoms with Crippen molar-refractivity contribution < 1.29 is 19.8 Å². The van der Waals surface area contributed by atoms with Crippen LogP contribution in [0.5, 0.6) is 0 Å². The number of hydrogen-bond acceptors (Lipinski definition) is 2. The highest BCUT2D eigenvalue weighted by molar-refractivity contribution is 5.93. The minimum Gasteiger partial charge on any atom is -0.478 e. The third-order valence-electron chi connectivity index (χ3n) is 4.67. The third-order valence-corrected chi connectivity index (χ3v) is 4.67. The first kappa shape index (κ1) is 13.1. The van der Waals surface area contributed by atoms with E-state index in [-0.39, 0.29) is 0 Å². The van der Waals surface area contributed by atoms with Gasteiger partial charge < -0.3 is 10.2 Å². The van der Waals surface area contributed by atoms with Crippen molar-refractivity contribution in [3.63, 3.8) is 0 Å². The molecular weight excluding hydrogens is 280 g/mol. The van der Waals surface area contributed by atoms with Crippen molar-refractivity contribution in [2.75, 3.05) is 0 Å². The Balaban J connectivity index is 1.99. The average molecular weight is 294 g/mol. The predicted octanol–water partition coefficient (Wildman–Crippen LogP) is 2.95. The second-order valence-electron chi connectivity index (χ2n) is 5.95. The number of carbonyl (C=O) groups is 2. The number of carboxylic acid groups (broad SMARTS) is 2. The Kier molecular flexibility index (Phi) is 2.64. The Morgan fingerprint density at radius 2 is 0.909 bits per heavy atom. The molecule has 0 spiro atoms. The molecule has 2 aliphatic rings. The summed E-state index contributed by atoms with van der Waals surface area (Å²) in [6.45, 7) is 0. The van der Waals surface area contributed by atoms with Gasteiger partial charge in [0, 0.05) is 0 Å². The van der Waals surface area contributed by atoms with E-state index in [1.165, 1.54) is 0 Å². The van der Waals surface area contributed by atoms with Crippen LogP contribution in [0.1, 0.15) is 43.0 Å². The highest BCUT2D eigenvalue weighted by atomic mass is 16.4. The molecule has 0 radical (unpaired) electrons. The largest absolute Gasteiger partial charge is 0.478 e. The van der Waals surface area contributed by atoms with E-state index >= 15 is 0 Å². The summed E-state index contributed by atoms with van der Waals surface area (Å²) in [6, 6.07) is 7.07. The molecule has 0 fully saturated rings. The smallest absolute Gasteiger partial charge is 0.335 e. The van der Waals surface area contributed by atoms with E-state index in [0.29, 0.717) is 11.1 Å². The number of carboxylic acids is 2. The van der Waals surface area contributed by atoms with E-state index in [1.54, 1.807) is 24.3 Å². The van der Waals surface area contributed by atoms with Gasteiger partial charge in [-0.05, 0) is 83.3 Å². The van der Waals surface area contributed by atoms with Crippen molar-refractivity contribution in [1.82, 2.24) is 0 Å². The number of rotatable bonds is 2. The highest BCUT2D eigenvalue weighted by Crippen LogP contribution is 2.43. The molecule has 4 nitrogen and oxygen atoms in total. The van der Waals surface area contributed by atoms with E-state index in [4.69, 9.17) is 0 Å². The molecule has 4 heteroatoms. The van der Waals surface area contributed by atoms with Crippen LogP contribution in [-0.2, 0) is 25.7 Å². The summed E-state index contributed by atoms with van der Waals surface area (Å²) in [5, 5.41) is 18.5. The van der Waals surface area contributed by atoms with Gasteiger partial charge in [0.1, 0.15) is 0 Å². The second kappa shape index (κ2) is 4.44. The van der Waals surface area contributed by atoms with Crippen LogP contribution < -0.4 is 0 Å². The quantitative estimate of drug-likeness (QED) is 0.893. The summed E-state index contributed by atoms with van der Waals surface area (Å²) in [5.41, 5.74) is 7.29. The van der Waals surface area contributed by atoms with Crippen LogP contribution in [0.2, 0.25) is 0 Å². The summed E-state index contributed by atoms with van der Waals surface area (Å²) < 4.78 is 0. The molecule has 110 valence electrons. The van der Waals surface area contributed by atoms with Gasteiger partial charge in [0.25, 0.3) is 0 Å². The fraction of sp³-hybridized carbons (Fsp3) is 0.222. The zero-order chi connectivity index (χ0) is 15.4. The van der Waals surface area contributed by atoms with Crippen LogP contribution in [0, 0.1) is 0 Å². The molecule has 22 heavy (non-hydrogen) atoms. The maximum atomic E-state index is 11.3. The van der Waals surface area contributed by atoms with Crippen LogP contribution in [0.3, 0.4) is 0 Å². The van der Waals surface area contributed by atoms with Gasteiger partial charge in [-0.2, -0.15) is 0 Å². The SMILES string of the molecule is O=C(O)c1cc2c3c(c1)CCc1cc(C(=O)O)cc(c1-3)CC2. The molecule has 0 heterocycles. The summed E-state index contributed by atoms with van der Waals surface area (Å²) in [4.78, 5) is 22.5. The lowest BCUT2D eigenvalue weighted by molar-refractivity contribution is 0.0685. The summed E-state index contributed by atoms with van der Waals surface area (Å²) in [5.74, 6) is -1.78. The van der Waals surface area contributed by atoms with Crippen molar-refractivity contribution in [1.29, 1.82) is 0 Å². The van der Waals surface area contributed by atoms with E-state index in [0.717, 1.165) is 59.1 Å². The lowest BCUT2D eigenvalue weighted by Gasteiger charge is -2.30. The first-order valence-corrected chi connectivity index (χ1v) is 7.33. The Bertz CT molecular complexity index is 727. The topological polar surface area (TPSA) is 74.6 Å². The van der Waals surface area contributed by atoms with Crippen molar-refractivity contribution in [2.24, 2.45) is 0 Å². The lowest BCUT2D eigenvalue weighted by Crippen LogP contribution is -2.17. The van der Waals surface area contributed by atoms with Gasteiger partial charge in [-0.3, -0.25) is 0 Å². The molecule has 0 aromatic heterocycles. The predicted molar refractivity (Wildman–Crippen MR) is 80.6 cm³/mol. The van der Waals surface area contributed by atoms with Crippen molar-refractivity contribution in [3.8, 4) is 11.1 Å². The van der Waals surface area contributed by atoms with Gasteiger partial charge in [0.2, 0.25) is 0 Å². The fourth-order valence-electron chi connectivity index (χ4n) is 3.75. The molecule has 0 saturated heterocycles. The monoisotopic (exact) mass is 294 g/mol. The van der Waals surface area contributed by atoms with Gasteiger partial charge in [-0.15, -0.1) is 0 Å². The van der Waals surface area contributed by atoms with Crippen LogP contribution in [0.15, 0.2) is 24.3 Å². The van der Waals surface area contributed by atoms with Crippen LogP contribution in [0.4, 0.5) is 0 Å². The number of hydrogen-bond donors (Lipinski definition) is 2. The maximum Gasteiger partial charge on any atom is 0.335 e. The van der Waals surface area contributed by atoms with Crippen molar-refractivity contribution >= 4 is 11.9 Å². The lowest BCUT2D eigenvalue weighted by atomic mass is 9.74. The van der Waals surface area contributed by atoms with E-state index in [1.807, 2.05) is 0 Å². The van der Waals surface area contributed by atoms with E-state index in [9.17, 15) is 19.8 Å². The standard InChI is InChI=1S/C18H14O4/c19-17(20)13-5-9-1-2-10-6-14(18(21)22)8-12-4-3-11(7-13)15(9)16(10)12/h5-8H,1-4H2,(H,19,20)(H,21,22). The normalized spacial score (nSPS) is 14.4. The van der Waals surface area contributed by atoms with Gasteiger partial charge in [0.05, 0.1) is 11.1 Å². The van der Waals surface area contributed by atoms with Gasteiger partial charge in [-0.1, -0.05) is 0 Å². The molecule has 0 aliphatic heterocycles. The molecule has 0 saturated carbocycles. The number of aromatic carboxylic acids is 2. The molecule has 2 aromatic carbocycles. The van der Waals surface area contributed by atoms with E-state index in [2.05, 4.69) is 0 Å². The fourth-order valence-corrected chi connectivity index (χ4v) is 3.75. The van der Waals surface area contributed by atoms with E-state index < -0.39 is 11.9 Å². The minimum atomic E-state index is -0.892. The van der Waals surface area contributed by atoms with Crippen LogP contribution >= 0.6 is 0 Å². The molecule has 0 unspecified atom stereocenters. The summed E-state index contributed by atoms with van der Waals surface area (Å²) in [7, 11) is 0. The molecule has 0 atom stereocenters. The van der Waals surface area contributed by atoms with Gasteiger partial charge in [0.15, 0.2) is 0 Å². The molecule has 2 N–H and O–H groups in total. The Labute approximate surface area is 127 Å². The molecule has 4 rings (SSSR count). The molecule has 2 aromatic rings. The number of benzene rings is 2. The molecule has 0 bridgehead atoms. The maximum absolute atomic E-state index is 11.3. The van der Waals surface area contributed by atoms with Gasteiger partial charge >= 0.3 is 11.9 Å². The molecule has 2 aliphatic carbocycles. The molecule has 0 amide bonds. The zero-order valence-electron chi connectivity index (χ0n) is 11.8. The molecular formula is C18H14O4. The van der Waals surface area contributed by atoms with Crippen molar-refractivity contribution in [2.45, 2.75) is 25.7 Å². The first-order chi connectivity index (χ1) is 10.5. The summed E-state index contributed by atoms with van der Waals surface area (Å²) >= 11 is 0. The van der Waals surface area contributed by atoms with Crippen molar-refractivity contribution in [3.05, 3.63) is 57.6 Å². The minimum absolute atomic E-state index is 0.350. The van der Waals surface area contributed by atoms with Gasteiger partial charge in [-0.25, -0.2) is 9.59 Å².